The second kappa shape index (κ2) is 7.67. The fourth-order valence-corrected chi connectivity index (χ4v) is 2.13. The van der Waals surface area contributed by atoms with Gasteiger partial charge >= 0.3 is 0 Å². The highest BCUT2D eigenvalue weighted by atomic mass is 16.5. The Morgan fingerprint density at radius 3 is 2.26 bits per heavy atom. The summed E-state index contributed by atoms with van der Waals surface area (Å²) in [4.78, 5) is 23.3. The van der Waals surface area contributed by atoms with Crippen molar-refractivity contribution in [2.45, 2.75) is 12.8 Å². The van der Waals surface area contributed by atoms with E-state index in [-0.39, 0.29) is 24.2 Å². The molecule has 0 heterocycles. The van der Waals surface area contributed by atoms with E-state index in [0.717, 1.165) is 12.8 Å². The fraction of sp³-hybridized carbons (Fsp3) is 0.412. The quantitative estimate of drug-likeness (QED) is 0.740. The first-order valence-electron chi connectivity index (χ1n) is 7.37. The van der Waals surface area contributed by atoms with E-state index in [1.165, 1.54) is 27.4 Å². The van der Waals surface area contributed by atoms with Crippen molar-refractivity contribution in [3.8, 4) is 17.2 Å². The third kappa shape index (κ3) is 4.48. The molecule has 2 rings (SSSR count). The van der Waals surface area contributed by atoms with Crippen LogP contribution in [-0.2, 0) is 9.59 Å². The zero-order chi connectivity index (χ0) is 16.8. The number of Topliss-reactive ketones (excluding diaryl/α,β-unsaturated/α-hetero) is 1. The van der Waals surface area contributed by atoms with Crippen LogP contribution in [0, 0.1) is 5.92 Å². The Balaban J connectivity index is 2.04. The lowest BCUT2D eigenvalue weighted by atomic mass is 10.1. The SMILES string of the molecule is COc1cc(OC)c(OC)cc1C=CC(=O)NCC(=O)C1CC1. The van der Waals surface area contributed by atoms with Crippen molar-refractivity contribution < 1.29 is 23.8 Å². The van der Waals surface area contributed by atoms with E-state index in [1.54, 1.807) is 18.2 Å². The van der Waals surface area contributed by atoms with Gasteiger partial charge in [0.15, 0.2) is 17.3 Å². The lowest BCUT2D eigenvalue weighted by molar-refractivity contribution is -0.123. The smallest absolute Gasteiger partial charge is 0.244 e. The molecule has 1 N–H and O–H groups in total. The molecule has 0 radical (unpaired) electrons. The first-order valence-corrected chi connectivity index (χ1v) is 7.37. The Morgan fingerprint density at radius 1 is 1.09 bits per heavy atom. The van der Waals surface area contributed by atoms with Crippen LogP contribution in [0.15, 0.2) is 18.2 Å². The van der Waals surface area contributed by atoms with Gasteiger partial charge in [-0.3, -0.25) is 9.59 Å². The standard InChI is InChI=1S/C17H21NO5/c1-21-14-9-16(23-3)15(22-2)8-12(14)6-7-17(20)18-10-13(19)11-4-5-11/h6-9,11H,4-5,10H2,1-3H3,(H,18,20). The van der Waals surface area contributed by atoms with Gasteiger partial charge in [-0.05, 0) is 25.0 Å². The van der Waals surface area contributed by atoms with E-state index in [4.69, 9.17) is 14.2 Å². The monoisotopic (exact) mass is 319 g/mol. The molecule has 6 heteroatoms. The van der Waals surface area contributed by atoms with Crippen LogP contribution in [0.1, 0.15) is 18.4 Å². The van der Waals surface area contributed by atoms with Gasteiger partial charge in [0.05, 0.1) is 27.9 Å². The molecule has 1 amide bonds. The Labute approximate surface area is 135 Å². The number of nitrogens with one attached hydrogen (secondary N) is 1. The number of rotatable bonds is 8. The van der Waals surface area contributed by atoms with E-state index in [0.29, 0.717) is 22.8 Å². The molecular weight excluding hydrogens is 298 g/mol. The van der Waals surface area contributed by atoms with E-state index < -0.39 is 0 Å². The molecule has 124 valence electrons. The van der Waals surface area contributed by atoms with Crippen LogP contribution in [0.3, 0.4) is 0 Å². The summed E-state index contributed by atoms with van der Waals surface area (Å²) in [5, 5.41) is 2.59. The molecule has 1 aromatic carbocycles. The summed E-state index contributed by atoms with van der Waals surface area (Å²) in [6.07, 6.45) is 4.85. The van der Waals surface area contributed by atoms with Crippen molar-refractivity contribution in [1.29, 1.82) is 0 Å². The van der Waals surface area contributed by atoms with Crippen LogP contribution in [0.2, 0.25) is 0 Å². The number of benzene rings is 1. The Kier molecular flexibility index (Phi) is 5.62. The molecule has 0 aliphatic heterocycles. The number of hydrogen-bond acceptors (Lipinski definition) is 5. The van der Waals surface area contributed by atoms with E-state index in [2.05, 4.69) is 5.32 Å². The Bertz CT molecular complexity index is 620. The topological polar surface area (TPSA) is 73.9 Å². The summed E-state index contributed by atoms with van der Waals surface area (Å²) in [6.45, 7) is 0.0803. The highest BCUT2D eigenvalue weighted by molar-refractivity contribution is 5.95. The summed E-state index contributed by atoms with van der Waals surface area (Å²) >= 11 is 0. The number of amides is 1. The van der Waals surface area contributed by atoms with Crippen LogP contribution < -0.4 is 19.5 Å². The number of hydrogen-bond donors (Lipinski definition) is 1. The van der Waals surface area contributed by atoms with E-state index >= 15 is 0 Å². The first kappa shape index (κ1) is 16.9. The van der Waals surface area contributed by atoms with Crippen LogP contribution in [0.25, 0.3) is 6.08 Å². The third-order valence-electron chi connectivity index (χ3n) is 3.62. The van der Waals surface area contributed by atoms with Crippen LogP contribution in [0.4, 0.5) is 0 Å². The minimum Gasteiger partial charge on any atom is -0.496 e. The Morgan fingerprint density at radius 2 is 1.70 bits per heavy atom. The number of ether oxygens (including phenoxy) is 3. The van der Waals surface area contributed by atoms with Gasteiger partial charge in [-0.15, -0.1) is 0 Å². The van der Waals surface area contributed by atoms with Gasteiger partial charge in [-0.1, -0.05) is 0 Å². The minimum atomic E-state index is -0.323. The van der Waals surface area contributed by atoms with Crippen molar-refractivity contribution in [3.05, 3.63) is 23.8 Å². The summed E-state index contributed by atoms with van der Waals surface area (Å²) in [5.74, 6) is 1.55. The van der Waals surface area contributed by atoms with Crippen molar-refractivity contribution in [2.75, 3.05) is 27.9 Å². The van der Waals surface area contributed by atoms with Crippen LogP contribution >= 0.6 is 0 Å². The maximum atomic E-state index is 11.8. The summed E-state index contributed by atoms with van der Waals surface area (Å²) in [6, 6.07) is 3.41. The van der Waals surface area contributed by atoms with Gasteiger partial charge in [0.25, 0.3) is 0 Å². The second-order valence-corrected chi connectivity index (χ2v) is 5.24. The molecule has 0 spiro atoms. The van der Waals surface area contributed by atoms with Gasteiger partial charge in [0.1, 0.15) is 5.75 Å². The molecular formula is C17H21NO5. The largest absolute Gasteiger partial charge is 0.496 e. The Hall–Kier alpha value is -2.50. The number of ketones is 1. The van der Waals surface area contributed by atoms with Crippen LogP contribution in [0.5, 0.6) is 17.2 Å². The molecule has 1 aliphatic rings. The molecule has 1 aliphatic carbocycles. The van der Waals surface area contributed by atoms with Crippen molar-refractivity contribution in [3.63, 3.8) is 0 Å². The maximum Gasteiger partial charge on any atom is 0.244 e. The van der Waals surface area contributed by atoms with E-state index in [1.807, 2.05) is 0 Å². The van der Waals surface area contributed by atoms with Gasteiger partial charge in [0, 0.05) is 23.6 Å². The lowest BCUT2D eigenvalue weighted by Gasteiger charge is -2.12. The molecule has 0 aromatic heterocycles. The molecule has 0 saturated heterocycles. The van der Waals surface area contributed by atoms with E-state index in [9.17, 15) is 9.59 Å². The molecule has 0 unspecified atom stereocenters. The highest BCUT2D eigenvalue weighted by Crippen LogP contribution is 2.35. The number of carbonyl (C=O) groups is 2. The molecule has 1 fully saturated rings. The number of carbonyl (C=O) groups excluding carboxylic acids is 2. The van der Waals surface area contributed by atoms with Gasteiger partial charge in [-0.25, -0.2) is 0 Å². The summed E-state index contributed by atoms with van der Waals surface area (Å²) in [5.41, 5.74) is 0.675. The third-order valence-corrected chi connectivity index (χ3v) is 3.62. The summed E-state index contributed by atoms with van der Waals surface area (Å²) in [7, 11) is 4.61. The van der Waals surface area contributed by atoms with Crippen molar-refractivity contribution >= 4 is 17.8 Å². The normalized spacial score (nSPS) is 13.7. The predicted molar refractivity (Wildman–Crippen MR) is 85.9 cm³/mol. The molecule has 0 atom stereocenters. The zero-order valence-corrected chi connectivity index (χ0v) is 13.5. The molecule has 6 nitrogen and oxygen atoms in total. The van der Waals surface area contributed by atoms with Gasteiger partial charge in [0.2, 0.25) is 5.91 Å². The summed E-state index contributed by atoms with van der Waals surface area (Å²) < 4.78 is 15.7. The molecule has 23 heavy (non-hydrogen) atoms. The fourth-order valence-electron chi connectivity index (χ4n) is 2.13. The minimum absolute atomic E-state index is 0.0803. The molecule has 1 saturated carbocycles. The van der Waals surface area contributed by atoms with Gasteiger partial charge < -0.3 is 19.5 Å². The predicted octanol–water partition coefficient (Wildman–Crippen LogP) is 1.82. The molecule has 1 aromatic rings. The van der Waals surface area contributed by atoms with Crippen LogP contribution in [-0.4, -0.2) is 39.6 Å². The lowest BCUT2D eigenvalue weighted by Crippen LogP contribution is -2.28. The highest BCUT2D eigenvalue weighted by Gasteiger charge is 2.28. The first-order chi connectivity index (χ1) is 11.1. The zero-order valence-electron chi connectivity index (χ0n) is 13.5. The molecule has 0 bridgehead atoms. The van der Waals surface area contributed by atoms with Gasteiger partial charge in [-0.2, -0.15) is 0 Å². The average Bonchev–Trinajstić information content (AvgIpc) is 3.41. The number of methoxy groups -OCH3 is 3. The van der Waals surface area contributed by atoms with Crippen molar-refractivity contribution in [2.24, 2.45) is 5.92 Å². The second-order valence-electron chi connectivity index (χ2n) is 5.24. The maximum absolute atomic E-state index is 11.8. The van der Waals surface area contributed by atoms with Crippen molar-refractivity contribution in [1.82, 2.24) is 5.32 Å². The average molecular weight is 319 g/mol.